The molecule has 0 spiro atoms. The van der Waals surface area contributed by atoms with Gasteiger partial charge >= 0.3 is 0 Å². The molecule has 1 aromatic carbocycles. The molecule has 0 radical (unpaired) electrons. The van der Waals surface area contributed by atoms with E-state index in [1.54, 1.807) is 0 Å². The Kier molecular flexibility index (Phi) is 3.81. The van der Waals surface area contributed by atoms with E-state index >= 15 is 0 Å². The van der Waals surface area contributed by atoms with Gasteiger partial charge in [0.25, 0.3) is 0 Å². The van der Waals surface area contributed by atoms with Crippen LogP contribution >= 0.6 is 22.6 Å². The highest BCUT2D eigenvalue weighted by molar-refractivity contribution is 14.1. The third-order valence-electron chi connectivity index (χ3n) is 1.63. The zero-order chi connectivity index (χ0) is 8.97. The first-order chi connectivity index (χ1) is 5.74. The number of rotatable bonds is 3. The Morgan fingerprint density at radius 3 is 2.92 bits per heavy atom. The number of nitrogens with one attached hydrogen (secondary N) is 1. The Bertz CT molecular complexity index is 263. The van der Waals surface area contributed by atoms with Gasteiger partial charge in [-0.1, -0.05) is 6.07 Å². The van der Waals surface area contributed by atoms with E-state index in [1.807, 2.05) is 0 Å². The zero-order valence-electron chi connectivity index (χ0n) is 6.97. The lowest BCUT2D eigenvalue weighted by Crippen LogP contribution is -2.06. The fraction of sp³-hybridized carbons (Fsp3) is 0.333. The van der Waals surface area contributed by atoms with Crippen LogP contribution in [0.3, 0.4) is 0 Å². The van der Waals surface area contributed by atoms with Crippen LogP contribution in [0.25, 0.3) is 0 Å². The lowest BCUT2D eigenvalue weighted by atomic mass is 10.2. The van der Waals surface area contributed by atoms with Gasteiger partial charge in [0.2, 0.25) is 0 Å². The van der Waals surface area contributed by atoms with E-state index < -0.39 is 0 Å². The van der Waals surface area contributed by atoms with Gasteiger partial charge in [0, 0.05) is 15.8 Å². The molecule has 66 valence electrons. The van der Waals surface area contributed by atoms with Gasteiger partial charge in [-0.3, -0.25) is 0 Å². The van der Waals surface area contributed by atoms with E-state index in [4.69, 9.17) is 5.11 Å². The van der Waals surface area contributed by atoms with Gasteiger partial charge in [-0.15, -0.1) is 0 Å². The van der Waals surface area contributed by atoms with E-state index in [0.29, 0.717) is 6.54 Å². The molecule has 0 aliphatic rings. The summed E-state index contributed by atoms with van der Waals surface area (Å²) in [7, 11) is 0. The summed E-state index contributed by atoms with van der Waals surface area (Å²) in [4.78, 5) is 0. The molecule has 0 aromatic heterocycles. The second-order valence-corrected chi connectivity index (χ2v) is 3.86. The smallest absolute Gasteiger partial charge is 0.0604 e. The first-order valence-corrected chi connectivity index (χ1v) is 4.93. The standard InChI is InChI=1S/C9H12INO/c1-7-2-3-8(10)6-9(7)11-4-5-12/h2-3,6,11-12H,4-5H2,1H3. The van der Waals surface area contributed by atoms with Gasteiger partial charge in [0.1, 0.15) is 0 Å². The van der Waals surface area contributed by atoms with Gasteiger partial charge in [0.05, 0.1) is 6.61 Å². The van der Waals surface area contributed by atoms with E-state index in [0.717, 1.165) is 5.69 Å². The van der Waals surface area contributed by atoms with Gasteiger partial charge in [-0.25, -0.2) is 0 Å². The second-order valence-electron chi connectivity index (χ2n) is 2.61. The summed E-state index contributed by atoms with van der Waals surface area (Å²) in [5.41, 5.74) is 2.32. The molecular formula is C9H12INO. The Hall–Kier alpha value is -0.290. The van der Waals surface area contributed by atoms with E-state index in [-0.39, 0.29) is 6.61 Å². The third-order valence-corrected chi connectivity index (χ3v) is 2.30. The number of aliphatic hydroxyl groups is 1. The highest BCUT2D eigenvalue weighted by atomic mass is 127. The number of benzene rings is 1. The van der Waals surface area contributed by atoms with Gasteiger partial charge < -0.3 is 10.4 Å². The summed E-state index contributed by atoms with van der Waals surface area (Å²) < 4.78 is 1.21. The van der Waals surface area contributed by atoms with Crippen molar-refractivity contribution in [2.45, 2.75) is 6.92 Å². The molecule has 0 aliphatic heterocycles. The molecule has 12 heavy (non-hydrogen) atoms. The van der Waals surface area contributed by atoms with Crippen LogP contribution in [0.2, 0.25) is 0 Å². The molecule has 0 unspecified atom stereocenters. The average Bonchev–Trinajstić information content (AvgIpc) is 2.07. The largest absolute Gasteiger partial charge is 0.395 e. The lowest BCUT2D eigenvalue weighted by molar-refractivity contribution is 0.311. The molecule has 0 saturated heterocycles. The molecule has 1 rings (SSSR count). The zero-order valence-corrected chi connectivity index (χ0v) is 9.13. The van der Waals surface area contributed by atoms with E-state index in [9.17, 15) is 0 Å². The van der Waals surface area contributed by atoms with Crippen LogP contribution in [0.1, 0.15) is 5.56 Å². The molecule has 0 aliphatic carbocycles. The van der Waals surface area contributed by atoms with E-state index in [2.05, 4.69) is 53.0 Å². The number of hydrogen-bond acceptors (Lipinski definition) is 2. The fourth-order valence-corrected chi connectivity index (χ4v) is 1.47. The van der Waals surface area contributed by atoms with Crippen LogP contribution in [-0.2, 0) is 0 Å². The summed E-state index contributed by atoms with van der Waals surface area (Å²) in [5.74, 6) is 0. The molecule has 0 bridgehead atoms. The van der Waals surface area contributed by atoms with Crippen molar-refractivity contribution < 1.29 is 5.11 Å². The molecule has 1 aromatic rings. The maximum Gasteiger partial charge on any atom is 0.0604 e. The maximum absolute atomic E-state index is 8.62. The number of hydrogen-bond donors (Lipinski definition) is 2. The molecule has 2 nitrogen and oxygen atoms in total. The average molecular weight is 277 g/mol. The van der Waals surface area contributed by atoms with Crippen molar-refractivity contribution in [1.29, 1.82) is 0 Å². The van der Waals surface area contributed by atoms with Gasteiger partial charge in [-0.05, 0) is 47.2 Å². The summed E-state index contributed by atoms with van der Waals surface area (Å²) in [6.45, 7) is 2.83. The molecule has 2 N–H and O–H groups in total. The highest BCUT2D eigenvalue weighted by Gasteiger charge is 1.96. The van der Waals surface area contributed by atoms with Crippen LogP contribution in [0.15, 0.2) is 18.2 Å². The lowest BCUT2D eigenvalue weighted by Gasteiger charge is -2.07. The van der Waals surface area contributed by atoms with Crippen molar-refractivity contribution in [2.75, 3.05) is 18.5 Å². The minimum absolute atomic E-state index is 0.172. The summed E-state index contributed by atoms with van der Waals surface area (Å²) in [6, 6.07) is 6.22. The predicted molar refractivity (Wildman–Crippen MR) is 59.5 cm³/mol. The van der Waals surface area contributed by atoms with Crippen LogP contribution in [-0.4, -0.2) is 18.3 Å². The molecule has 0 saturated carbocycles. The van der Waals surface area contributed by atoms with Gasteiger partial charge in [0.15, 0.2) is 0 Å². The van der Waals surface area contributed by atoms with Crippen molar-refractivity contribution in [1.82, 2.24) is 0 Å². The number of anilines is 1. The van der Waals surface area contributed by atoms with Crippen molar-refractivity contribution in [3.05, 3.63) is 27.3 Å². The molecule has 3 heteroatoms. The van der Waals surface area contributed by atoms with Crippen LogP contribution < -0.4 is 5.32 Å². The molecule has 0 fully saturated rings. The van der Waals surface area contributed by atoms with Crippen molar-refractivity contribution in [3.8, 4) is 0 Å². The van der Waals surface area contributed by atoms with Crippen molar-refractivity contribution >= 4 is 28.3 Å². The summed E-state index contributed by atoms with van der Waals surface area (Å²) >= 11 is 2.27. The SMILES string of the molecule is Cc1ccc(I)cc1NCCO. The molecular weight excluding hydrogens is 265 g/mol. The topological polar surface area (TPSA) is 32.3 Å². The third kappa shape index (κ3) is 2.64. The summed E-state index contributed by atoms with van der Waals surface area (Å²) in [5, 5.41) is 11.8. The van der Waals surface area contributed by atoms with Crippen molar-refractivity contribution in [2.24, 2.45) is 0 Å². The monoisotopic (exact) mass is 277 g/mol. The first kappa shape index (κ1) is 9.80. The molecule has 0 atom stereocenters. The quantitative estimate of drug-likeness (QED) is 0.828. The van der Waals surface area contributed by atoms with Gasteiger partial charge in [-0.2, -0.15) is 0 Å². The molecule has 0 amide bonds. The Balaban J connectivity index is 2.75. The van der Waals surface area contributed by atoms with E-state index in [1.165, 1.54) is 9.13 Å². The Labute approximate surface area is 86.1 Å². The minimum Gasteiger partial charge on any atom is -0.395 e. The van der Waals surface area contributed by atoms with Crippen LogP contribution in [0.4, 0.5) is 5.69 Å². The number of aliphatic hydroxyl groups excluding tert-OH is 1. The fourth-order valence-electron chi connectivity index (χ4n) is 0.975. The predicted octanol–water partition coefficient (Wildman–Crippen LogP) is 2.00. The highest BCUT2D eigenvalue weighted by Crippen LogP contribution is 2.17. The number of halogens is 1. The van der Waals surface area contributed by atoms with Crippen LogP contribution in [0.5, 0.6) is 0 Å². The first-order valence-electron chi connectivity index (χ1n) is 3.85. The Morgan fingerprint density at radius 1 is 1.50 bits per heavy atom. The van der Waals surface area contributed by atoms with Crippen LogP contribution in [0, 0.1) is 10.5 Å². The second kappa shape index (κ2) is 4.67. The minimum atomic E-state index is 0.172. The number of aryl methyl sites for hydroxylation is 1. The van der Waals surface area contributed by atoms with Crippen molar-refractivity contribution in [3.63, 3.8) is 0 Å². The normalized spacial score (nSPS) is 9.92. The Morgan fingerprint density at radius 2 is 2.25 bits per heavy atom. The molecule has 0 heterocycles. The maximum atomic E-state index is 8.62. The summed E-state index contributed by atoms with van der Waals surface area (Å²) in [6.07, 6.45) is 0.